The summed E-state index contributed by atoms with van der Waals surface area (Å²) in [7, 11) is 0. The molecule has 0 fully saturated rings. The molecule has 0 bridgehead atoms. The maximum atomic E-state index is 12.9. The van der Waals surface area contributed by atoms with E-state index in [4.69, 9.17) is 9.63 Å². The van der Waals surface area contributed by atoms with Crippen LogP contribution in [-0.4, -0.2) is 32.9 Å². The fourth-order valence-corrected chi connectivity index (χ4v) is 2.13. The molecule has 2 aromatic heterocycles. The highest BCUT2D eigenvalue weighted by Crippen LogP contribution is 2.19. The Morgan fingerprint density at radius 3 is 2.67 bits per heavy atom. The van der Waals surface area contributed by atoms with Gasteiger partial charge in [0.1, 0.15) is 11.6 Å². The first kappa shape index (κ1) is 16.1. The number of rotatable bonds is 6. The molecule has 0 spiro atoms. The van der Waals surface area contributed by atoms with Crippen LogP contribution in [0.3, 0.4) is 0 Å². The van der Waals surface area contributed by atoms with E-state index in [2.05, 4.69) is 20.4 Å². The number of anilines is 1. The molecule has 1 aromatic carbocycles. The van der Waals surface area contributed by atoms with Crippen LogP contribution in [0.25, 0.3) is 11.5 Å². The van der Waals surface area contributed by atoms with E-state index in [9.17, 15) is 4.39 Å². The van der Waals surface area contributed by atoms with Crippen LogP contribution in [0, 0.1) is 5.82 Å². The van der Waals surface area contributed by atoms with Gasteiger partial charge in [0, 0.05) is 18.7 Å². The van der Waals surface area contributed by atoms with Crippen LogP contribution >= 0.6 is 0 Å². The average Bonchev–Trinajstić information content (AvgIpc) is 3.06. The Labute approximate surface area is 138 Å². The zero-order valence-electron chi connectivity index (χ0n) is 13.1. The first-order valence-electron chi connectivity index (χ1n) is 7.55. The average molecular weight is 328 g/mol. The molecule has 0 unspecified atom stereocenters. The van der Waals surface area contributed by atoms with E-state index in [1.54, 1.807) is 24.4 Å². The Balaban J connectivity index is 1.69. The van der Waals surface area contributed by atoms with Crippen molar-refractivity contribution in [2.75, 3.05) is 11.9 Å². The van der Waals surface area contributed by atoms with Gasteiger partial charge in [-0.15, -0.1) is 0 Å². The van der Waals surface area contributed by atoms with Gasteiger partial charge in [0.15, 0.2) is 5.82 Å². The predicted molar refractivity (Wildman–Crippen MR) is 86.9 cm³/mol. The van der Waals surface area contributed by atoms with E-state index in [1.807, 2.05) is 13.0 Å². The van der Waals surface area contributed by atoms with Crippen molar-refractivity contribution in [3.63, 3.8) is 0 Å². The van der Waals surface area contributed by atoms with Crippen molar-refractivity contribution in [3.8, 4) is 11.5 Å². The van der Waals surface area contributed by atoms with Crippen LogP contribution in [0.2, 0.25) is 0 Å². The summed E-state index contributed by atoms with van der Waals surface area (Å²) in [5.74, 6) is 1.28. The van der Waals surface area contributed by atoms with E-state index in [0.717, 1.165) is 5.56 Å². The van der Waals surface area contributed by atoms with Crippen LogP contribution in [0.4, 0.5) is 10.2 Å². The highest BCUT2D eigenvalue weighted by molar-refractivity contribution is 5.54. The van der Waals surface area contributed by atoms with Gasteiger partial charge in [-0.25, -0.2) is 9.37 Å². The molecule has 3 rings (SSSR count). The summed E-state index contributed by atoms with van der Waals surface area (Å²) < 4.78 is 18.2. The summed E-state index contributed by atoms with van der Waals surface area (Å²) in [6.45, 7) is 1.88. The van der Waals surface area contributed by atoms with Gasteiger partial charge in [-0.2, -0.15) is 4.98 Å². The quantitative estimate of drug-likeness (QED) is 0.724. The van der Waals surface area contributed by atoms with Gasteiger partial charge < -0.3 is 14.9 Å². The molecule has 0 saturated heterocycles. The third kappa shape index (κ3) is 3.94. The van der Waals surface area contributed by atoms with Gasteiger partial charge in [0.25, 0.3) is 5.89 Å². The summed E-state index contributed by atoms with van der Waals surface area (Å²) in [6, 6.07) is 9.71. The third-order valence-corrected chi connectivity index (χ3v) is 3.42. The Morgan fingerprint density at radius 1 is 1.21 bits per heavy atom. The van der Waals surface area contributed by atoms with E-state index in [0.29, 0.717) is 29.5 Å². The van der Waals surface area contributed by atoms with Crippen LogP contribution in [0.1, 0.15) is 18.3 Å². The molecule has 24 heavy (non-hydrogen) atoms. The van der Waals surface area contributed by atoms with Crippen LogP contribution < -0.4 is 5.32 Å². The van der Waals surface area contributed by atoms with Crippen LogP contribution in [-0.2, 0) is 6.42 Å². The number of aliphatic hydroxyl groups is 1. The molecule has 0 aliphatic rings. The first-order chi connectivity index (χ1) is 11.6. The van der Waals surface area contributed by atoms with Crippen molar-refractivity contribution in [1.82, 2.24) is 15.1 Å². The lowest BCUT2D eigenvalue weighted by Crippen LogP contribution is -2.19. The topological polar surface area (TPSA) is 84.1 Å². The zero-order chi connectivity index (χ0) is 16.9. The van der Waals surface area contributed by atoms with Crippen molar-refractivity contribution >= 4 is 5.82 Å². The van der Waals surface area contributed by atoms with E-state index in [1.165, 1.54) is 12.1 Å². The van der Waals surface area contributed by atoms with Crippen molar-refractivity contribution in [2.24, 2.45) is 0 Å². The molecule has 6 nitrogen and oxygen atoms in total. The molecule has 1 atom stereocenters. The smallest absolute Gasteiger partial charge is 0.259 e. The Hall–Kier alpha value is -2.80. The number of nitrogens with one attached hydrogen (secondary N) is 1. The molecular formula is C17H17FN4O2. The van der Waals surface area contributed by atoms with Crippen molar-refractivity contribution in [2.45, 2.75) is 19.4 Å². The molecule has 0 aliphatic carbocycles. The second kappa shape index (κ2) is 7.18. The molecule has 0 amide bonds. The Bertz CT molecular complexity index is 787. The summed E-state index contributed by atoms with van der Waals surface area (Å²) in [5, 5.41) is 16.0. The molecule has 7 heteroatoms. The minimum atomic E-state index is -0.275. The summed E-state index contributed by atoms with van der Waals surface area (Å²) in [5.41, 5.74) is 1.61. The van der Waals surface area contributed by atoms with Gasteiger partial charge in [0.2, 0.25) is 0 Å². The van der Waals surface area contributed by atoms with Crippen molar-refractivity contribution in [3.05, 3.63) is 59.8 Å². The van der Waals surface area contributed by atoms with Gasteiger partial charge in [-0.1, -0.05) is 17.3 Å². The molecular weight excluding hydrogens is 311 g/mol. The minimum Gasteiger partial charge on any atom is -0.394 e. The van der Waals surface area contributed by atoms with E-state index < -0.39 is 0 Å². The zero-order valence-corrected chi connectivity index (χ0v) is 13.1. The number of hydrogen-bond donors (Lipinski definition) is 2. The normalized spacial score (nSPS) is 12.1. The minimum absolute atomic E-state index is 0.0276. The molecule has 0 saturated carbocycles. The second-order valence-electron chi connectivity index (χ2n) is 5.48. The monoisotopic (exact) mass is 328 g/mol. The fraction of sp³-hybridized carbons (Fsp3) is 0.235. The molecule has 2 N–H and O–H groups in total. The summed E-state index contributed by atoms with van der Waals surface area (Å²) >= 11 is 0. The fourth-order valence-electron chi connectivity index (χ4n) is 2.13. The number of nitrogens with zero attached hydrogens (tertiary/aromatic N) is 3. The maximum absolute atomic E-state index is 12.9. The number of pyridine rings is 1. The van der Waals surface area contributed by atoms with Gasteiger partial charge in [-0.05, 0) is 36.8 Å². The van der Waals surface area contributed by atoms with Crippen molar-refractivity contribution < 1.29 is 14.0 Å². The van der Waals surface area contributed by atoms with E-state index in [-0.39, 0.29) is 18.5 Å². The largest absolute Gasteiger partial charge is 0.394 e. The molecule has 0 radical (unpaired) electrons. The van der Waals surface area contributed by atoms with Crippen LogP contribution in [0.5, 0.6) is 0 Å². The van der Waals surface area contributed by atoms with E-state index >= 15 is 0 Å². The maximum Gasteiger partial charge on any atom is 0.259 e. The van der Waals surface area contributed by atoms with Crippen molar-refractivity contribution in [1.29, 1.82) is 0 Å². The second-order valence-corrected chi connectivity index (χ2v) is 5.48. The Morgan fingerprint density at radius 2 is 2.00 bits per heavy atom. The van der Waals surface area contributed by atoms with Crippen LogP contribution in [0.15, 0.2) is 47.1 Å². The third-order valence-electron chi connectivity index (χ3n) is 3.42. The molecule has 0 aliphatic heterocycles. The highest BCUT2D eigenvalue weighted by atomic mass is 19.1. The summed E-state index contributed by atoms with van der Waals surface area (Å²) in [4.78, 5) is 8.59. The standard InChI is InChI=1S/C17H17FN4O2/c1-11(10-23)20-15-7-4-13(9-19-15)17-21-16(22-24-17)8-12-2-5-14(18)6-3-12/h2-7,9,11,23H,8,10H2,1H3,(H,19,20)/t11-/m1/s1. The number of halogens is 1. The Kier molecular flexibility index (Phi) is 4.81. The summed E-state index contributed by atoms with van der Waals surface area (Å²) in [6.07, 6.45) is 2.09. The lowest BCUT2D eigenvalue weighted by Gasteiger charge is -2.10. The molecule has 124 valence electrons. The number of benzene rings is 1. The molecule has 3 aromatic rings. The molecule has 2 heterocycles. The highest BCUT2D eigenvalue weighted by Gasteiger charge is 2.10. The number of aliphatic hydroxyl groups excluding tert-OH is 1. The number of hydrogen-bond acceptors (Lipinski definition) is 6. The number of aromatic nitrogens is 3. The van der Waals surface area contributed by atoms with Gasteiger partial charge in [0.05, 0.1) is 12.2 Å². The lowest BCUT2D eigenvalue weighted by atomic mass is 10.1. The SMILES string of the molecule is C[C@H](CO)Nc1ccc(-c2nc(Cc3ccc(F)cc3)no2)cn1. The van der Waals surface area contributed by atoms with Gasteiger partial charge in [-0.3, -0.25) is 0 Å². The van der Waals surface area contributed by atoms with Gasteiger partial charge >= 0.3 is 0 Å². The first-order valence-corrected chi connectivity index (χ1v) is 7.55. The predicted octanol–water partition coefficient (Wildman–Crippen LogP) is 2.65. The lowest BCUT2D eigenvalue weighted by molar-refractivity contribution is 0.281.